The van der Waals surface area contributed by atoms with Crippen LogP contribution in [-0.4, -0.2) is 47.5 Å². The summed E-state index contributed by atoms with van der Waals surface area (Å²) in [6.07, 6.45) is 0. The van der Waals surface area contributed by atoms with E-state index < -0.39 is 5.82 Å². The van der Waals surface area contributed by atoms with Crippen molar-refractivity contribution in [3.63, 3.8) is 0 Å². The van der Waals surface area contributed by atoms with Crippen molar-refractivity contribution >= 4 is 34.5 Å². The average Bonchev–Trinajstić information content (AvgIpc) is 3.28. The average molecular weight is 489 g/mol. The van der Waals surface area contributed by atoms with Crippen LogP contribution < -0.4 is 10.1 Å². The fourth-order valence-electron chi connectivity index (χ4n) is 3.70. The summed E-state index contributed by atoms with van der Waals surface area (Å²) in [6, 6.07) is 11.6. The molecule has 7 nitrogen and oxygen atoms in total. The first-order valence-electron chi connectivity index (χ1n) is 10.1. The van der Waals surface area contributed by atoms with Gasteiger partial charge in [0.05, 0.1) is 25.3 Å². The van der Waals surface area contributed by atoms with Crippen molar-refractivity contribution in [1.82, 2.24) is 20.4 Å². The minimum Gasteiger partial charge on any atom is -0.494 e. The number of ether oxygens (including phenoxy) is 2. The van der Waals surface area contributed by atoms with Crippen molar-refractivity contribution in [2.75, 3.05) is 27.4 Å². The first kappa shape index (κ1) is 23.2. The molecule has 1 aromatic heterocycles. The lowest BCUT2D eigenvalue weighted by molar-refractivity contribution is 0.183. The summed E-state index contributed by atoms with van der Waals surface area (Å²) in [5.41, 5.74) is 2.95. The number of hydrogen-bond donors (Lipinski definition) is 1. The van der Waals surface area contributed by atoms with Gasteiger partial charge in [0.15, 0.2) is 16.7 Å². The third-order valence-electron chi connectivity index (χ3n) is 5.36. The highest BCUT2D eigenvalue weighted by Crippen LogP contribution is 2.38. The topological polar surface area (TPSA) is 72.7 Å². The zero-order chi connectivity index (χ0) is 23.5. The molecule has 2 aromatic carbocycles. The highest BCUT2D eigenvalue weighted by molar-refractivity contribution is 7.80. The van der Waals surface area contributed by atoms with Crippen LogP contribution >= 0.6 is 23.8 Å². The van der Waals surface area contributed by atoms with Crippen LogP contribution in [0.3, 0.4) is 0 Å². The van der Waals surface area contributed by atoms with Gasteiger partial charge >= 0.3 is 0 Å². The lowest BCUT2D eigenvalue weighted by Gasteiger charge is -2.37. The van der Waals surface area contributed by atoms with E-state index in [0.717, 1.165) is 16.8 Å². The minimum absolute atomic E-state index is 0.140. The lowest BCUT2D eigenvalue weighted by atomic mass is 9.95. The molecule has 0 saturated carbocycles. The van der Waals surface area contributed by atoms with Crippen molar-refractivity contribution in [2.45, 2.75) is 13.0 Å². The van der Waals surface area contributed by atoms with Gasteiger partial charge in [0.1, 0.15) is 0 Å². The van der Waals surface area contributed by atoms with E-state index in [1.807, 2.05) is 30.0 Å². The molecule has 1 N–H and O–H groups in total. The number of rotatable bonds is 7. The number of nitrogens with zero attached hydrogens (tertiary/aromatic N) is 3. The monoisotopic (exact) mass is 488 g/mol. The largest absolute Gasteiger partial charge is 0.494 e. The van der Waals surface area contributed by atoms with Crippen LogP contribution in [0, 0.1) is 5.82 Å². The third-order valence-corrected chi connectivity index (χ3v) is 5.94. The summed E-state index contributed by atoms with van der Waals surface area (Å²) in [5, 5.41) is 8.59. The van der Waals surface area contributed by atoms with E-state index in [-0.39, 0.29) is 17.6 Å². The van der Waals surface area contributed by atoms with Gasteiger partial charge in [-0.05, 0) is 55.0 Å². The second-order valence-corrected chi connectivity index (χ2v) is 8.18. The van der Waals surface area contributed by atoms with E-state index in [4.69, 9.17) is 37.8 Å². The molecule has 0 aliphatic carbocycles. The molecule has 0 bridgehead atoms. The Labute approximate surface area is 201 Å². The molecule has 0 fully saturated rings. The van der Waals surface area contributed by atoms with Crippen LogP contribution in [-0.2, 0) is 4.74 Å². The molecule has 0 spiro atoms. The number of hydrogen-bond acceptors (Lipinski definition) is 6. The van der Waals surface area contributed by atoms with Gasteiger partial charge in [-0.25, -0.2) is 4.39 Å². The molecule has 4 rings (SSSR count). The predicted octanol–water partition coefficient (Wildman–Crippen LogP) is 4.85. The Morgan fingerprint density at radius 3 is 2.76 bits per heavy atom. The molecule has 1 unspecified atom stereocenters. The molecule has 2 heterocycles. The summed E-state index contributed by atoms with van der Waals surface area (Å²) in [7, 11) is 3.04. The van der Waals surface area contributed by atoms with Gasteiger partial charge in [0.2, 0.25) is 5.82 Å². The Kier molecular flexibility index (Phi) is 6.92. The second-order valence-electron chi connectivity index (χ2n) is 7.35. The number of nitrogens with one attached hydrogen (secondary N) is 1. The standard InChI is InChI=1S/C23H22ClFN4O3S/c1-13-19(22-27-21(28-32-22)15-7-8-18(31-3)17(25)12-15)20(14-5-4-6-16(24)11-14)26-23(33)29(13)9-10-30-2/h4-8,11-12,20H,9-10H2,1-3H3,(H,26,33). The van der Waals surface area contributed by atoms with Gasteiger partial charge in [-0.15, -0.1) is 0 Å². The Morgan fingerprint density at radius 1 is 1.24 bits per heavy atom. The van der Waals surface area contributed by atoms with E-state index >= 15 is 0 Å². The first-order valence-corrected chi connectivity index (χ1v) is 10.9. The number of aromatic nitrogens is 2. The Morgan fingerprint density at radius 2 is 2.06 bits per heavy atom. The van der Waals surface area contributed by atoms with Crippen molar-refractivity contribution in [1.29, 1.82) is 0 Å². The minimum atomic E-state index is -0.510. The molecule has 0 saturated heterocycles. The number of methoxy groups -OCH3 is 2. The van der Waals surface area contributed by atoms with Crippen molar-refractivity contribution in [3.05, 3.63) is 70.5 Å². The summed E-state index contributed by atoms with van der Waals surface area (Å²) in [6.45, 7) is 2.96. The molecule has 0 radical (unpaired) electrons. The van der Waals surface area contributed by atoms with Crippen molar-refractivity contribution in [2.24, 2.45) is 0 Å². The molecular weight excluding hydrogens is 467 g/mol. The fraction of sp³-hybridized carbons (Fsp3) is 0.261. The maximum atomic E-state index is 14.2. The van der Waals surface area contributed by atoms with Crippen LogP contribution in [0.5, 0.6) is 5.75 Å². The van der Waals surface area contributed by atoms with E-state index in [2.05, 4.69) is 15.5 Å². The molecule has 1 aliphatic heterocycles. The summed E-state index contributed by atoms with van der Waals surface area (Å²) >= 11 is 11.9. The Hall–Kier alpha value is -3.01. The number of benzene rings is 2. The Balaban J connectivity index is 1.79. The molecule has 33 heavy (non-hydrogen) atoms. The Bertz CT molecular complexity index is 1220. The van der Waals surface area contributed by atoms with Crippen molar-refractivity contribution < 1.29 is 18.4 Å². The first-order chi connectivity index (χ1) is 15.9. The molecule has 1 atom stereocenters. The van der Waals surface area contributed by atoms with Gasteiger partial charge in [-0.2, -0.15) is 4.98 Å². The molecule has 0 amide bonds. The highest BCUT2D eigenvalue weighted by Gasteiger charge is 2.34. The smallest absolute Gasteiger partial charge is 0.258 e. The molecule has 1 aliphatic rings. The SMILES string of the molecule is COCCN1C(=S)NC(c2cccc(Cl)c2)C(c2nc(-c3ccc(OC)c(F)c3)no2)=C1C. The quantitative estimate of drug-likeness (QED) is 0.473. The number of halogens is 2. The van der Waals surface area contributed by atoms with Crippen molar-refractivity contribution in [3.8, 4) is 17.1 Å². The third kappa shape index (κ3) is 4.71. The van der Waals surface area contributed by atoms with Crippen LogP contribution in [0.2, 0.25) is 5.02 Å². The summed E-state index contributed by atoms with van der Waals surface area (Å²) in [4.78, 5) is 6.49. The zero-order valence-corrected chi connectivity index (χ0v) is 19.8. The summed E-state index contributed by atoms with van der Waals surface area (Å²) < 4.78 is 30.1. The van der Waals surface area contributed by atoms with Gasteiger partial charge in [0, 0.05) is 29.9 Å². The highest BCUT2D eigenvalue weighted by atomic mass is 35.5. The second kappa shape index (κ2) is 9.86. The van der Waals surface area contributed by atoms with E-state index in [1.54, 1.807) is 19.2 Å². The molecule has 3 aromatic rings. The van der Waals surface area contributed by atoms with Gasteiger partial charge in [-0.3, -0.25) is 0 Å². The fourth-order valence-corrected chi connectivity index (χ4v) is 4.25. The van der Waals surface area contributed by atoms with Crippen LogP contribution in [0.15, 0.2) is 52.7 Å². The zero-order valence-electron chi connectivity index (χ0n) is 18.3. The van der Waals surface area contributed by atoms with Crippen LogP contribution in [0.1, 0.15) is 24.4 Å². The van der Waals surface area contributed by atoms with E-state index in [1.165, 1.54) is 19.2 Å². The van der Waals surface area contributed by atoms with Crippen LogP contribution in [0.4, 0.5) is 4.39 Å². The maximum absolute atomic E-state index is 14.2. The number of thiocarbonyl (C=S) groups is 1. The predicted molar refractivity (Wildman–Crippen MR) is 127 cm³/mol. The van der Waals surface area contributed by atoms with Gasteiger partial charge < -0.3 is 24.2 Å². The molecule has 172 valence electrons. The lowest BCUT2D eigenvalue weighted by Crippen LogP contribution is -2.47. The normalized spacial score (nSPS) is 16.2. The van der Waals surface area contributed by atoms with E-state index in [0.29, 0.717) is 34.7 Å². The van der Waals surface area contributed by atoms with Crippen LogP contribution in [0.25, 0.3) is 17.0 Å². The van der Waals surface area contributed by atoms with Gasteiger partial charge in [0.25, 0.3) is 5.89 Å². The van der Waals surface area contributed by atoms with E-state index in [9.17, 15) is 4.39 Å². The summed E-state index contributed by atoms with van der Waals surface area (Å²) in [5.74, 6) is 0.180. The van der Waals surface area contributed by atoms with Gasteiger partial charge in [-0.1, -0.05) is 28.9 Å². The molecule has 10 heteroatoms. The maximum Gasteiger partial charge on any atom is 0.258 e. The molecular formula is C23H22ClFN4O3S. The number of allylic oxidation sites excluding steroid dienone is 1.